The summed E-state index contributed by atoms with van der Waals surface area (Å²) in [4.78, 5) is 4.52. The first-order chi connectivity index (χ1) is 16.0. The maximum Gasteiger partial charge on any atom is 0.116 e. The van der Waals surface area contributed by atoms with Crippen LogP contribution in [0.25, 0.3) is 0 Å². The molecule has 5 heteroatoms. The molecular formula is C30H52O5. The Morgan fingerprint density at radius 3 is 2.14 bits per heavy atom. The van der Waals surface area contributed by atoms with Gasteiger partial charge in [0.05, 0.1) is 17.8 Å². The van der Waals surface area contributed by atoms with Crippen LogP contribution in [0.3, 0.4) is 0 Å². The van der Waals surface area contributed by atoms with Crippen molar-refractivity contribution in [3.05, 3.63) is 12.2 Å². The molecule has 0 spiro atoms. The second-order valence-electron chi connectivity index (χ2n) is 15.0. The first-order valence-corrected chi connectivity index (χ1v) is 14.0. The molecule has 0 aromatic heterocycles. The summed E-state index contributed by atoms with van der Waals surface area (Å²) >= 11 is 0. The van der Waals surface area contributed by atoms with Crippen LogP contribution in [0.15, 0.2) is 12.2 Å². The zero-order valence-electron chi connectivity index (χ0n) is 23.5. The molecule has 0 bridgehead atoms. The molecule has 0 heterocycles. The molecule has 0 saturated heterocycles. The molecular weight excluding hydrogens is 440 g/mol. The third-order valence-electron chi connectivity index (χ3n) is 12.5. The summed E-state index contributed by atoms with van der Waals surface area (Å²) < 4.78 is 0. The lowest BCUT2D eigenvalue weighted by atomic mass is 9.35. The summed E-state index contributed by atoms with van der Waals surface area (Å²) in [7, 11) is 0. The lowest BCUT2D eigenvalue weighted by Gasteiger charge is -2.70. The first kappa shape index (κ1) is 27.6. The molecule has 10 atom stereocenters. The molecule has 4 rings (SSSR count). The van der Waals surface area contributed by atoms with E-state index in [4.69, 9.17) is 5.26 Å². The van der Waals surface area contributed by atoms with E-state index in [1.54, 1.807) is 19.9 Å². The van der Waals surface area contributed by atoms with Gasteiger partial charge in [0, 0.05) is 0 Å². The highest BCUT2D eigenvalue weighted by molar-refractivity contribution is 5.20. The first-order valence-electron chi connectivity index (χ1n) is 14.0. The van der Waals surface area contributed by atoms with Gasteiger partial charge in [-0.3, -0.25) is 5.26 Å². The van der Waals surface area contributed by atoms with Crippen molar-refractivity contribution >= 4 is 0 Å². The van der Waals surface area contributed by atoms with Gasteiger partial charge < -0.3 is 15.3 Å². The topological polar surface area (TPSA) is 90.2 Å². The van der Waals surface area contributed by atoms with Crippen molar-refractivity contribution in [1.29, 1.82) is 0 Å². The quantitative estimate of drug-likeness (QED) is 0.216. The van der Waals surface area contributed by atoms with Gasteiger partial charge in [-0.1, -0.05) is 46.8 Å². The molecule has 0 aromatic carbocycles. The van der Waals surface area contributed by atoms with Crippen LogP contribution in [0.5, 0.6) is 0 Å². The minimum absolute atomic E-state index is 0.0261. The molecule has 10 unspecified atom stereocenters. The normalized spacial score (nSPS) is 49.3. The van der Waals surface area contributed by atoms with Crippen molar-refractivity contribution in [2.75, 3.05) is 0 Å². The van der Waals surface area contributed by atoms with Crippen molar-refractivity contribution in [2.24, 2.45) is 45.3 Å². The van der Waals surface area contributed by atoms with Crippen molar-refractivity contribution in [1.82, 2.24) is 0 Å². The summed E-state index contributed by atoms with van der Waals surface area (Å²) in [6, 6.07) is 0. The number of aliphatic hydroxyl groups is 3. The molecule has 0 amide bonds. The predicted molar refractivity (Wildman–Crippen MR) is 139 cm³/mol. The Bertz CT molecular complexity index is 833. The Morgan fingerprint density at radius 2 is 1.51 bits per heavy atom. The van der Waals surface area contributed by atoms with E-state index in [1.807, 2.05) is 13.0 Å². The molecule has 35 heavy (non-hydrogen) atoms. The Labute approximate surface area is 213 Å². The summed E-state index contributed by atoms with van der Waals surface area (Å²) in [5.74, 6) is 0.976. The van der Waals surface area contributed by atoms with Gasteiger partial charge in [0.25, 0.3) is 0 Å². The summed E-state index contributed by atoms with van der Waals surface area (Å²) in [5, 5.41) is 43.4. The number of hydrogen-bond acceptors (Lipinski definition) is 5. The van der Waals surface area contributed by atoms with E-state index in [9.17, 15) is 15.3 Å². The van der Waals surface area contributed by atoms with Crippen LogP contribution in [0.2, 0.25) is 0 Å². The standard InChI is InChI=1S/C30H52O5/c1-25(2,35-34)13-9-14-30(8,33)19-10-16-29(7)24(19)20(31)18-22-27(5)15-12-23(32)26(3,4)21(27)11-17-28(22,29)6/h9,13,19-24,31-34H,10-12,14-18H2,1-8H3. The molecule has 5 nitrogen and oxygen atoms in total. The summed E-state index contributed by atoms with van der Waals surface area (Å²) in [6.07, 6.45) is 10.4. The largest absolute Gasteiger partial charge is 0.393 e. The zero-order valence-corrected chi connectivity index (χ0v) is 23.5. The van der Waals surface area contributed by atoms with Crippen LogP contribution in [0.4, 0.5) is 0 Å². The number of fused-ring (bicyclic) bond motifs is 5. The fourth-order valence-corrected chi connectivity index (χ4v) is 10.2. The van der Waals surface area contributed by atoms with Gasteiger partial charge in [-0.2, -0.15) is 0 Å². The third kappa shape index (κ3) is 3.98. The highest BCUT2D eigenvalue weighted by atomic mass is 17.1. The average Bonchev–Trinajstić information content (AvgIpc) is 3.14. The second-order valence-corrected chi connectivity index (χ2v) is 15.0. The van der Waals surface area contributed by atoms with E-state index >= 15 is 0 Å². The van der Waals surface area contributed by atoms with Crippen molar-refractivity contribution < 1.29 is 25.5 Å². The highest BCUT2D eigenvalue weighted by Gasteiger charge is 2.71. The Hall–Kier alpha value is -0.460. The second kappa shape index (κ2) is 8.53. The smallest absolute Gasteiger partial charge is 0.116 e. The van der Waals surface area contributed by atoms with Gasteiger partial charge in [-0.25, -0.2) is 4.89 Å². The van der Waals surface area contributed by atoms with Crippen molar-refractivity contribution in [2.45, 2.75) is 130 Å². The lowest BCUT2D eigenvalue weighted by molar-refractivity contribution is -0.297. The van der Waals surface area contributed by atoms with E-state index in [0.29, 0.717) is 18.3 Å². The van der Waals surface area contributed by atoms with Crippen LogP contribution < -0.4 is 0 Å². The average molecular weight is 493 g/mol. The molecule has 0 radical (unpaired) electrons. The van der Waals surface area contributed by atoms with E-state index in [0.717, 1.165) is 44.9 Å². The number of hydrogen-bond donors (Lipinski definition) is 4. The van der Waals surface area contributed by atoms with Gasteiger partial charge in [0.2, 0.25) is 0 Å². The Morgan fingerprint density at radius 1 is 0.886 bits per heavy atom. The van der Waals surface area contributed by atoms with Gasteiger partial charge in [0.1, 0.15) is 5.60 Å². The fourth-order valence-electron chi connectivity index (χ4n) is 10.2. The lowest BCUT2D eigenvalue weighted by Crippen LogP contribution is -2.66. The molecule has 4 aliphatic rings. The molecule has 0 aliphatic heterocycles. The van der Waals surface area contributed by atoms with E-state index in [-0.39, 0.29) is 39.6 Å². The maximum atomic E-state index is 11.8. The minimum Gasteiger partial charge on any atom is -0.393 e. The fraction of sp³-hybridized carbons (Fsp3) is 0.933. The van der Waals surface area contributed by atoms with E-state index in [2.05, 4.69) is 39.5 Å². The molecule has 0 aromatic rings. The van der Waals surface area contributed by atoms with E-state index < -0.39 is 17.3 Å². The highest BCUT2D eigenvalue weighted by Crippen LogP contribution is 2.75. The summed E-state index contributed by atoms with van der Waals surface area (Å²) in [6.45, 7) is 17.4. The van der Waals surface area contributed by atoms with Gasteiger partial charge in [0.15, 0.2) is 0 Å². The Balaban J connectivity index is 1.64. The van der Waals surface area contributed by atoms with Gasteiger partial charge in [-0.05, 0) is 117 Å². The maximum absolute atomic E-state index is 11.8. The molecule has 4 saturated carbocycles. The van der Waals surface area contributed by atoms with Gasteiger partial charge in [-0.15, -0.1) is 0 Å². The molecule has 4 fully saturated rings. The minimum atomic E-state index is -0.938. The molecule has 4 N–H and O–H groups in total. The monoisotopic (exact) mass is 492 g/mol. The predicted octanol–water partition coefficient (Wildman–Crippen LogP) is 5.97. The van der Waals surface area contributed by atoms with Gasteiger partial charge >= 0.3 is 0 Å². The van der Waals surface area contributed by atoms with Crippen LogP contribution in [0.1, 0.15) is 107 Å². The van der Waals surface area contributed by atoms with Crippen LogP contribution in [-0.2, 0) is 4.89 Å². The number of aliphatic hydroxyl groups excluding tert-OH is 2. The molecule has 202 valence electrons. The third-order valence-corrected chi connectivity index (χ3v) is 12.5. The van der Waals surface area contributed by atoms with E-state index in [1.165, 1.54) is 0 Å². The SMILES string of the molecule is CC(C)(C=CCC(C)(O)C1CCC2(C)C1C(O)CC1C3(C)CCC(O)C(C)(C)C3CCC12C)OO. The van der Waals surface area contributed by atoms with Crippen LogP contribution in [0, 0.1) is 45.3 Å². The number of rotatable bonds is 5. The van der Waals surface area contributed by atoms with Crippen LogP contribution in [-0.4, -0.2) is 44.0 Å². The van der Waals surface area contributed by atoms with Crippen molar-refractivity contribution in [3.63, 3.8) is 0 Å². The summed E-state index contributed by atoms with van der Waals surface area (Å²) in [5.41, 5.74) is -1.64. The van der Waals surface area contributed by atoms with Crippen molar-refractivity contribution in [3.8, 4) is 0 Å². The zero-order chi connectivity index (χ0) is 26.2. The van der Waals surface area contributed by atoms with Crippen LogP contribution >= 0.6 is 0 Å². The Kier molecular flexibility index (Phi) is 6.72. The molecule has 4 aliphatic carbocycles.